The van der Waals surface area contributed by atoms with Gasteiger partial charge in [0, 0.05) is 174 Å². The lowest BCUT2D eigenvalue weighted by Gasteiger charge is -2.33. The molecule has 5 aromatic carbocycles. The first-order valence-corrected chi connectivity index (χ1v) is 52.0. The number of carbonyl (C=O) groups is 3. The zero-order valence-corrected chi connectivity index (χ0v) is 89.2. The number of hydrogen-bond acceptors (Lipinski definition) is 28. The van der Waals surface area contributed by atoms with Crippen LogP contribution in [-0.4, -0.2) is 254 Å². The molecular weight excluding hydrogens is 1990 g/mol. The van der Waals surface area contributed by atoms with Crippen molar-refractivity contribution in [3.8, 4) is 0 Å². The molecule has 0 radical (unpaired) electrons. The number of piperidine rings is 5. The van der Waals surface area contributed by atoms with Crippen molar-refractivity contribution in [2.75, 3.05) is 159 Å². The molecule has 0 bridgehead atoms. The second-order valence-corrected chi connectivity index (χ2v) is 39.5. The first-order valence-electron chi connectivity index (χ1n) is 47.9. The predicted molar refractivity (Wildman–Crippen MR) is 552 cm³/mol. The van der Waals surface area contributed by atoms with Crippen molar-refractivity contribution in [2.45, 2.75) is 199 Å². The van der Waals surface area contributed by atoms with Crippen LogP contribution in [0.1, 0.15) is 171 Å². The van der Waals surface area contributed by atoms with E-state index in [2.05, 4.69) is 181 Å². The van der Waals surface area contributed by atoms with Gasteiger partial charge in [-0.1, -0.05) is 132 Å². The molecule has 34 heteroatoms. The van der Waals surface area contributed by atoms with E-state index in [-0.39, 0.29) is 43.2 Å². The van der Waals surface area contributed by atoms with Crippen molar-refractivity contribution in [2.24, 2.45) is 34.6 Å². The van der Waals surface area contributed by atoms with Crippen LogP contribution in [0.4, 0.5) is 21.2 Å². The number of ether oxygens (including phenoxy) is 13. The molecule has 2 amide bonds. The van der Waals surface area contributed by atoms with Gasteiger partial charge in [0.15, 0.2) is 46.6 Å². The van der Waals surface area contributed by atoms with Gasteiger partial charge in [-0.25, -0.2) is 18.0 Å². The van der Waals surface area contributed by atoms with Gasteiger partial charge < -0.3 is 91.3 Å². The van der Waals surface area contributed by atoms with Gasteiger partial charge in [-0.15, -0.1) is 30.6 Å². The summed E-state index contributed by atoms with van der Waals surface area (Å²) >= 11 is 9.60. The van der Waals surface area contributed by atoms with Crippen LogP contribution in [-0.2, 0) is 102 Å². The first kappa shape index (κ1) is 116. The summed E-state index contributed by atoms with van der Waals surface area (Å²) in [4.78, 5) is 47.3. The number of amides is 2. The largest absolute Gasteiger partial charge is 0.445 e. The highest BCUT2D eigenvalue weighted by atomic mass is 79.9. The number of nitrogens with zero attached hydrogens (tertiary/aromatic N) is 11. The number of rotatable bonds is 31. The van der Waals surface area contributed by atoms with Crippen molar-refractivity contribution in [1.82, 2.24) is 45.7 Å². The molecule has 0 saturated carbocycles. The fourth-order valence-electron chi connectivity index (χ4n) is 17.2. The number of aryl methyl sites for hydroxylation is 5. The fourth-order valence-corrected chi connectivity index (χ4v) is 18.8. The van der Waals surface area contributed by atoms with Crippen molar-refractivity contribution in [3.05, 3.63) is 233 Å². The maximum absolute atomic E-state index is 12.4. The standard InChI is InChI=1S/C24H31N3O2.C19H21NO2S.C17H25NO4.C15H19NO3.C13H20BrN3O2.C9H19NO2.C4H2Br2N2.C4H10O3/c1-17-7-8-20-19(15-17)5-4-6-21(20)22-9-10-23(26-25-22)27-13-11-18(12-14-27)16-24(28-2)29-3;1-14-6-9-17(10-7-14)23(21,22)13-20-19-5-3-4-16-12-15(2)8-11-18(16)19;1-20-16(21-2)12-14-8-10-18(11-9-14)17(19)22-13-15-6-4-3-5-7-15;17-11-8-13-6-9-16(10-7-13)15(18)19-12-14-4-2-1-3-5-14;1-18-13(19-2)9-10-5-7-17(8-6-10)12-4-3-11(14)15-16-12;1-11-9(12-2)7-8-3-5-10-6-4-8;5-3-1-2-4(6)8-7-3;1-5-4(6-2)7-3/h6-10,15,18,24H,4-5,11-14,16H2,1-3H3;6-12H,3-5,13H2,1-2H3;3-7,14,16H,8-13H2,1-2H3;1-5,11,13H,6-10,12H2;3-4,10,13H,5-9H2,1-2H3;8-10H,3-7H2,1-2H3;1-2H;4H,1-3H3. The minimum Gasteiger partial charge on any atom is -0.445 e. The Morgan fingerprint density at radius 3 is 1.22 bits per heavy atom. The molecule has 2 aliphatic carbocycles. The smallest absolute Gasteiger partial charge is 0.410 e. The number of halogens is 3. The van der Waals surface area contributed by atoms with E-state index in [0.717, 1.165) is 233 Å². The van der Waals surface area contributed by atoms with Crippen LogP contribution in [0.25, 0.3) is 5.57 Å². The summed E-state index contributed by atoms with van der Waals surface area (Å²) in [6, 6.07) is 51.2. The fraction of sp³-hybridized carbons (Fsp3) is 0.543. The van der Waals surface area contributed by atoms with Crippen molar-refractivity contribution in [3.63, 3.8) is 0 Å². The maximum Gasteiger partial charge on any atom is 0.410 e. The maximum atomic E-state index is 12.4. The van der Waals surface area contributed by atoms with Gasteiger partial charge >= 0.3 is 12.2 Å². The second kappa shape index (κ2) is 64.9. The van der Waals surface area contributed by atoms with Gasteiger partial charge in [0.25, 0.3) is 6.48 Å². The van der Waals surface area contributed by atoms with Crippen LogP contribution in [0, 0.1) is 50.4 Å². The summed E-state index contributed by atoms with van der Waals surface area (Å²) < 4.78 is 93.6. The number of benzene rings is 5. The number of fused-ring (bicyclic) bond motifs is 2. The molecule has 0 atom stereocenters. The highest BCUT2D eigenvalue weighted by molar-refractivity contribution is 9.11. The Bertz CT molecular complexity index is 4910. The van der Waals surface area contributed by atoms with Crippen LogP contribution < -0.4 is 15.1 Å². The van der Waals surface area contributed by atoms with Gasteiger partial charge in [0.1, 0.15) is 39.2 Å². The van der Waals surface area contributed by atoms with Gasteiger partial charge in [-0.2, -0.15) is 0 Å². The molecule has 15 rings (SSSR count). The van der Waals surface area contributed by atoms with Crippen LogP contribution in [0.3, 0.4) is 0 Å². The lowest BCUT2D eigenvalue weighted by atomic mass is 9.88. The molecule has 5 fully saturated rings. The zero-order chi connectivity index (χ0) is 100. The molecule has 30 nitrogen and oxygen atoms in total. The molecular formula is C105H147Br3N12O18S. The van der Waals surface area contributed by atoms with E-state index in [0.29, 0.717) is 61.3 Å². The minimum atomic E-state index is -3.37. The number of aromatic nitrogens is 6. The number of nitrogens with one attached hydrogen (secondary N) is 1. The number of aldehydes is 1. The molecule has 7 aliphatic rings. The van der Waals surface area contributed by atoms with Crippen LogP contribution in [0.2, 0.25) is 0 Å². The third kappa shape index (κ3) is 41.8. The van der Waals surface area contributed by atoms with Crippen molar-refractivity contribution in [1.29, 1.82) is 0 Å². The second-order valence-electron chi connectivity index (χ2n) is 35.1. The summed E-state index contributed by atoms with van der Waals surface area (Å²) in [5, 5.41) is 28.1. The number of hydrogen-bond donors (Lipinski definition) is 1. The van der Waals surface area contributed by atoms with Crippen molar-refractivity contribution < 1.29 is 84.4 Å². The molecule has 0 unspecified atom stereocenters. The molecule has 1 N–H and O–H groups in total. The van der Waals surface area contributed by atoms with Gasteiger partial charge in [-0.3, -0.25) is 4.99 Å². The highest BCUT2D eigenvalue weighted by Crippen LogP contribution is 2.35. The van der Waals surface area contributed by atoms with Gasteiger partial charge in [0.2, 0.25) is 0 Å². The highest BCUT2D eigenvalue weighted by Gasteiger charge is 2.30. The number of methoxy groups -OCH3 is 11. The molecule has 3 aromatic heterocycles. The average molecular weight is 2140 g/mol. The third-order valence-electron chi connectivity index (χ3n) is 25.4. The molecule has 762 valence electrons. The topological polar surface area (TPSA) is 320 Å². The van der Waals surface area contributed by atoms with Crippen LogP contribution >= 0.6 is 47.8 Å². The lowest BCUT2D eigenvalue weighted by molar-refractivity contribution is -0.252. The normalized spacial score (nSPS) is 16.2. The minimum absolute atomic E-state index is 0.00639. The third-order valence-corrected chi connectivity index (χ3v) is 28.1. The zero-order valence-electron chi connectivity index (χ0n) is 83.6. The Kier molecular flexibility index (Phi) is 54.0. The number of allylic oxidation sites excluding steroid dienone is 1. The van der Waals surface area contributed by atoms with Gasteiger partial charge in [0.05, 0.1) is 10.6 Å². The Balaban J connectivity index is 0.000000201. The molecule has 8 aromatic rings. The van der Waals surface area contributed by atoms with E-state index in [9.17, 15) is 22.8 Å². The summed E-state index contributed by atoms with van der Waals surface area (Å²) in [7, 11) is 14.7. The summed E-state index contributed by atoms with van der Waals surface area (Å²) in [5.74, 6) is 4.77. The first-order chi connectivity index (χ1) is 67.4. The number of aliphatic imine (C=N–C) groups is 1. The van der Waals surface area contributed by atoms with Crippen LogP contribution in [0.15, 0.2) is 187 Å². The molecule has 8 heterocycles. The van der Waals surface area contributed by atoms with E-state index in [1.165, 1.54) is 67.6 Å². The molecule has 5 aliphatic heterocycles. The monoisotopic (exact) mass is 2130 g/mol. The number of sulfone groups is 1. The summed E-state index contributed by atoms with van der Waals surface area (Å²) in [5.41, 5.74) is 13.8. The number of carbonyl (C=O) groups excluding carboxylic acids is 3. The van der Waals surface area contributed by atoms with E-state index in [1.807, 2.05) is 104 Å². The van der Waals surface area contributed by atoms with E-state index >= 15 is 0 Å². The molecule has 0 spiro atoms. The number of likely N-dealkylation sites (tertiary alicyclic amines) is 2. The Morgan fingerprint density at radius 2 is 0.820 bits per heavy atom. The quantitative estimate of drug-likeness (QED) is 0.0311. The summed E-state index contributed by atoms with van der Waals surface area (Å²) in [6.07, 6.45) is 22.7. The predicted octanol–water partition coefficient (Wildman–Crippen LogP) is 19.6. The Hall–Kier alpha value is -8.53. The van der Waals surface area contributed by atoms with Crippen LogP contribution in [0.5, 0.6) is 0 Å². The SMILES string of the molecule is Brc1ccc(Br)nn1.COC(CC1CCN(C(=O)OCc2ccccc2)CC1)OC.COC(CC1CCN(c2ccc(Br)nn2)CC1)OC.COC(CC1CCN(c2ccc(C3=CCCc4cc(C)ccc43)nn2)CC1)OC.COC(CC1CCNCC1)OC.COC(OC)OC.Cc1ccc(S(=O)(=O)CN=C2CCCc3cc(C)ccc32)cc1.O=CCC1CCN(C(=O)OCc2ccccc2)CC1. The van der Waals surface area contributed by atoms with E-state index < -0.39 is 16.3 Å². The molecule has 139 heavy (non-hydrogen) atoms. The summed E-state index contributed by atoms with van der Waals surface area (Å²) in [6.45, 7) is 15.5. The Morgan fingerprint density at radius 1 is 0.432 bits per heavy atom. The molecule has 5 saturated heterocycles. The van der Waals surface area contributed by atoms with Crippen molar-refractivity contribution >= 4 is 99.0 Å². The van der Waals surface area contributed by atoms with E-state index in [1.54, 1.807) is 78.8 Å². The van der Waals surface area contributed by atoms with E-state index in [4.69, 9.17) is 47.4 Å². The average Bonchev–Trinajstić information content (AvgIpc) is 0.943. The van der Waals surface area contributed by atoms with Gasteiger partial charge in [-0.05, 0) is 289 Å². The Labute approximate surface area is 849 Å². The number of anilines is 2. The lowest BCUT2D eigenvalue weighted by Crippen LogP contribution is -2.39.